The number of hydrogen-bond donors (Lipinski definition) is 2. The van der Waals surface area contributed by atoms with Crippen LogP contribution >= 0.6 is 11.6 Å². The number of nitrogens with one attached hydrogen (secondary N) is 2. The normalized spacial score (nSPS) is 11.8. The molecule has 1 aromatic heterocycles. The van der Waals surface area contributed by atoms with Crippen molar-refractivity contribution in [3.8, 4) is 5.75 Å². The summed E-state index contributed by atoms with van der Waals surface area (Å²) in [6.07, 6.45) is 0.878. The van der Waals surface area contributed by atoms with Gasteiger partial charge in [-0.05, 0) is 30.7 Å². The molecule has 3 aromatic rings. The number of fused-ring (bicyclic) bond motifs is 1. The SMILES string of the molecule is C[C@H](NC(=O)OCc1ccccc1)C(=O)Oc1c[nH]c2cc(Cl)ccc12. The van der Waals surface area contributed by atoms with Crippen molar-refractivity contribution in [1.82, 2.24) is 10.3 Å². The topological polar surface area (TPSA) is 80.4 Å². The first kappa shape index (κ1) is 17.8. The average molecular weight is 373 g/mol. The molecule has 2 aromatic carbocycles. The molecule has 0 saturated heterocycles. The number of hydrogen-bond acceptors (Lipinski definition) is 4. The molecule has 0 fully saturated rings. The van der Waals surface area contributed by atoms with Gasteiger partial charge in [0.1, 0.15) is 12.6 Å². The molecule has 0 aliphatic carbocycles. The monoisotopic (exact) mass is 372 g/mol. The van der Waals surface area contributed by atoms with Gasteiger partial charge in [-0.15, -0.1) is 0 Å². The lowest BCUT2D eigenvalue weighted by molar-refractivity contribution is -0.136. The van der Waals surface area contributed by atoms with Gasteiger partial charge in [-0.2, -0.15) is 0 Å². The van der Waals surface area contributed by atoms with Gasteiger partial charge < -0.3 is 19.8 Å². The van der Waals surface area contributed by atoms with Crippen LogP contribution in [0.15, 0.2) is 54.7 Å². The molecule has 0 bridgehead atoms. The molecule has 0 unspecified atom stereocenters. The number of H-pyrrole nitrogens is 1. The Morgan fingerprint density at radius 3 is 2.73 bits per heavy atom. The highest BCUT2D eigenvalue weighted by atomic mass is 35.5. The molecule has 0 radical (unpaired) electrons. The van der Waals surface area contributed by atoms with Crippen molar-refractivity contribution in [3.63, 3.8) is 0 Å². The molecule has 7 heteroatoms. The number of ether oxygens (including phenoxy) is 2. The minimum absolute atomic E-state index is 0.123. The molecule has 26 heavy (non-hydrogen) atoms. The third-order valence-electron chi connectivity index (χ3n) is 3.72. The summed E-state index contributed by atoms with van der Waals surface area (Å²) >= 11 is 5.93. The maximum atomic E-state index is 12.2. The second-order valence-electron chi connectivity index (χ2n) is 5.69. The third-order valence-corrected chi connectivity index (χ3v) is 3.95. The van der Waals surface area contributed by atoms with E-state index in [1.54, 1.807) is 24.4 Å². The van der Waals surface area contributed by atoms with Gasteiger partial charge in [0.15, 0.2) is 5.75 Å². The van der Waals surface area contributed by atoms with E-state index in [-0.39, 0.29) is 6.61 Å². The van der Waals surface area contributed by atoms with Crippen LogP contribution < -0.4 is 10.1 Å². The molecule has 1 heterocycles. The molecule has 0 aliphatic heterocycles. The number of amides is 1. The van der Waals surface area contributed by atoms with Gasteiger partial charge in [0.05, 0.1) is 5.52 Å². The van der Waals surface area contributed by atoms with E-state index in [4.69, 9.17) is 21.1 Å². The van der Waals surface area contributed by atoms with Crippen LogP contribution in [-0.4, -0.2) is 23.1 Å². The molecule has 6 nitrogen and oxygen atoms in total. The average Bonchev–Trinajstić information content (AvgIpc) is 3.02. The Morgan fingerprint density at radius 1 is 1.19 bits per heavy atom. The van der Waals surface area contributed by atoms with Crippen LogP contribution in [0.25, 0.3) is 10.9 Å². The van der Waals surface area contributed by atoms with Crippen LogP contribution in [0.4, 0.5) is 4.79 Å². The molecule has 3 rings (SSSR count). The van der Waals surface area contributed by atoms with E-state index < -0.39 is 18.1 Å². The van der Waals surface area contributed by atoms with Crippen LogP contribution in [0.5, 0.6) is 5.75 Å². The van der Waals surface area contributed by atoms with Gasteiger partial charge in [0.25, 0.3) is 0 Å². The summed E-state index contributed by atoms with van der Waals surface area (Å²) in [5, 5.41) is 3.75. The fraction of sp³-hybridized carbons (Fsp3) is 0.158. The zero-order valence-corrected chi connectivity index (χ0v) is 14.7. The highest BCUT2D eigenvalue weighted by Gasteiger charge is 2.20. The van der Waals surface area contributed by atoms with Gasteiger partial charge in [0.2, 0.25) is 0 Å². The lowest BCUT2D eigenvalue weighted by Gasteiger charge is -2.13. The van der Waals surface area contributed by atoms with E-state index >= 15 is 0 Å². The number of carbonyl (C=O) groups is 2. The van der Waals surface area contributed by atoms with E-state index in [1.165, 1.54) is 6.92 Å². The second kappa shape index (κ2) is 7.93. The van der Waals surface area contributed by atoms with Gasteiger partial charge in [0, 0.05) is 16.6 Å². The first-order chi connectivity index (χ1) is 12.5. The molecular formula is C19H17ClN2O4. The van der Waals surface area contributed by atoms with Crippen LogP contribution in [0, 0.1) is 0 Å². The van der Waals surface area contributed by atoms with Crippen molar-refractivity contribution in [2.75, 3.05) is 0 Å². The van der Waals surface area contributed by atoms with Crippen molar-refractivity contribution < 1.29 is 19.1 Å². The Morgan fingerprint density at radius 2 is 1.96 bits per heavy atom. The van der Waals surface area contributed by atoms with Crippen LogP contribution in [0.2, 0.25) is 5.02 Å². The zero-order valence-electron chi connectivity index (χ0n) is 14.0. The Kier molecular flexibility index (Phi) is 5.43. The Hall–Kier alpha value is -2.99. The summed E-state index contributed by atoms with van der Waals surface area (Å²) in [4.78, 5) is 27.0. The van der Waals surface area contributed by atoms with Crippen molar-refractivity contribution >= 4 is 34.6 Å². The molecular weight excluding hydrogens is 356 g/mol. The van der Waals surface area contributed by atoms with E-state index in [2.05, 4.69) is 10.3 Å². The van der Waals surface area contributed by atoms with Gasteiger partial charge in [-0.3, -0.25) is 0 Å². The number of aromatic nitrogens is 1. The van der Waals surface area contributed by atoms with Crippen LogP contribution in [0.1, 0.15) is 12.5 Å². The number of aromatic amines is 1. The fourth-order valence-electron chi connectivity index (χ4n) is 2.35. The van der Waals surface area contributed by atoms with Crippen molar-refractivity contribution in [2.45, 2.75) is 19.6 Å². The lowest BCUT2D eigenvalue weighted by Crippen LogP contribution is -2.41. The summed E-state index contributed by atoms with van der Waals surface area (Å²) in [5.74, 6) is -0.231. The number of esters is 1. The second-order valence-corrected chi connectivity index (χ2v) is 6.13. The molecule has 2 N–H and O–H groups in total. The Balaban J connectivity index is 1.54. The predicted molar refractivity (Wildman–Crippen MR) is 98.2 cm³/mol. The minimum atomic E-state index is -0.865. The largest absolute Gasteiger partial charge is 0.445 e. The third kappa shape index (κ3) is 4.34. The van der Waals surface area contributed by atoms with Crippen molar-refractivity contribution in [3.05, 3.63) is 65.3 Å². The summed E-state index contributed by atoms with van der Waals surface area (Å²) in [6.45, 7) is 1.65. The number of rotatable bonds is 5. The molecule has 1 amide bonds. The standard InChI is InChI=1S/C19H17ClN2O4/c1-12(22-19(24)25-11-13-5-3-2-4-6-13)18(23)26-17-10-21-16-9-14(20)7-8-15(16)17/h2-10,12,21H,11H2,1H3,(H,22,24)/t12-/m0/s1. The van der Waals surface area contributed by atoms with Gasteiger partial charge in [-0.25, -0.2) is 9.59 Å². The number of benzene rings is 2. The highest BCUT2D eigenvalue weighted by molar-refractivity contribution is 6.31. The molecule has 0 spiro atoms. The maximum absolute atomic E-state index is 12.2. The Labute approximate surface area is 155 Å². The summed E-state index contributed by atoms with van der Waals surface area (Å²) in [7, 11) is 0. The smallest absolute Gasteiger partial charge is 0.408 e. The Bertz CT molecular complexity index is 924. The van der Waals surface area contributed by atoms with E-state index in [0.717, 1.165) is 16.5 Å². The molecule has 134 valence electrons. The number of carbonyl (C=O) groups excluding carboxylic acids is 2. The highest BCUT2D eigenvalue weighted by Crippen LogP contribution is 2.27. The predicted octanol–water partition coefficient (Wildman–Crippen LogP) is 4.04. The van der Waals surface area contributed by atoms with Gasteiger partial charge >= 0.3 is 12.1 Å². The van der Waals surface area contributed by atoms with E-state index in [1.807, 2.05) is 30.3 Å². The van der Waals surface area contributed by atoms with Crippen LogP contribution in [-0.2, 0) is 16.1 Å². The fourth-order valence-corrected chi connectivity index (χ4v) is 2.53. The van der Waals surface area contributed by atoms with Gasteiger partial charge in [-0.1, -0.05) is 41.9 Å². The maximum Gasteiger partial charge on any atom is 0.408 e. The molecule has 0 saturated carbocycles. The molecule has 1 atom stereocenters. The van der Waals surface area contributed by atoms with E-state index in [0.29, 0.717) is 10.8 Å². The summed E-state index contributed by atoms with van der Waals surface area (Å²) in [5.41, 5.74) is 1.61. The minimum Gasteiger partial charge on any atom is -0.445 e. The zero-order chi connectivity index (χ0) is 18.5. The van der Waals surface area contributed by atoms with Crippen molar-refractivity contribution in [2.24, 2.45) is 0 Å². The van der Waals surface area contributed by atoms with E-state index in [9.17, 15) is 9.59 Å². The summed E-state index contributed by atoms with van der Waals surface area (Å²) < 4.78 is 10.4. The first-order valence-electron chi connectivity index (χ1n) is 7.98. The first-order valence-corrected chi connectivity index (χ1v) is 8.36. The summed E-state index contributed by atoms with van der Waals surface area (Å²) in [6, 6.07) is 13.6. The molecule has 0 aliphatic rings. The number of alkyl carbamates (subject to hydrolysis) is 1. The number of halogens is 1. The van der Waals surface area contributed by atoms with Crippen molar-refractivity contribution in [1.29, 1.82) is 0 Å². The lowest BCUT2D eigenvalue weighted by atomic mass is 10.2. The van der Waals surface area contributed by atoms with Crippen LogP contribution in [0.3, 0.4) is 0 Å². The quantitative estimate of drug-likeness (QED) is 0.662.